The average molecular weight is 667 g/mol. The largest absolute Gasteiger partial charge is 0.481 e. The minimum absolute atomic E-state index is 0.345. The summed E-state index contributed by atoms with van der Waals surface area (Å²) in [6, 6.07) is 0. The molecule has 4 N–H and O–H groups in total. The predicted octanol–water partition coefficient (Wildman–Crippen LogP) is 12.0. The smallest absolute Gasteiger partial charge is 0.394 e. The van der Waals surface area contributed by atoms with E-state index in [1.807, 2.05) is 0 Å². The van der Waals surface area contributed by atoms with E-state index in [0.717, 1.165) is 25.7 Å². The van der Waals surface area contributed by atoms with Gasteiger partial charge in [0, 0.05) is 12.8 Å². The Kier molecular flexibility index (Phi) is 43.7. The fraction of sp³-hybridized carbons (Fsp3) is 0.944. The van der Waals surface area contributed by atoms with Crippen LogP contribution in [0.4, 0.5) is 0 Å². The van der Waals surface area contributed by atoms with Crippen LogP contribution in [-0.4, -0.2) is 39.7 Å². The summed E-state index contributed by atoms with van der Waals surface area (Å²) < 4.78 is 31.6. The van der Waals surface area contributed by atoms with Gasteiger partial charge in [0.15, 0.2) is 0 Å². The van der Waals surface area contributed by atoms with Gasteiger partial charge in [0.05, 0.1) is 0 Å². The van der Waals surface area contributed by atoms with Gasteiger partial charge in [0.2, 0.25) is 0 Å². The van der Waals surface area contributed by atoms with Gasteiger partial charge < -0.3 is 10.2 Å². The fourth-order valence-corrected chi connectivity index (χ4v) is 5.30. The molecule has 0 bridgehead atoms. The van der Waals surface area contributed by atoms with Crippen LogP contribution in [0.3, 0.4) is 0 Å². The van der Waals surface area contributed by atoms with Crippen LogP contribution < -0.4 is 0 Å². The Morgan fingerprint density at radius 2 is 0.489 bits per heavy atom. The van der Waals surface area contributed by atoms with E-state index >= 15 is 0 Å². The third kappa shape index (κ3) is 66.2. The molecule has 0 heterocycles. The Labute approximate surface area is 278 Å². The average Bonchev–Trinajstić information content (AvgIpc) is 2.96. The number of unbranched alkanes of at least 4 members (excludes halogenated alkanes) is 28. The molecular weight excluding hydrogens is 592 g/mol. The normalized spacial score (nSPS) is 10.9. The van der Waals surface area contributed by atoms with Gasteiger partial charge >= 0.3 is 22.3 Å². The quantitative estimate of drug-likeness (QED) is 0.0409. The van der Waals surface area contributed by atoms with Gasteiger partial charge in [-0.05, 0) is 12.8 Å². The molecule has 9 heteroatoms. The van der Waals surface area contributed by atoms with Crippen molar-refractivity contribution in [3.05, 3.63) is 0 Å². The summed E-state index contributed by atoms with van der Waals surface area (Å²) in [5, 5.41) is 17.0. The first kappa shape index (κ1) is 48.2. The van der Waals surface area contributed by atoms with E-state index in [1.54, 1.807) is 0 Å². The van der Waals surface area contributed by atoms with E-state index in [4.69, 9.17) is 27.7 Å². The molecule has 0 fully saturated rings. The fourth-order valence-electron chi connectivity index (χ4n) is 5.30. The molecule has 0 saturated heterocycles. The van der Waals surface area contributed by atoms with Crippen molar-refractivity contribution in [2.24, 2.45) is 0 Å². The molecule has 0 radical (unpaired) electrons. The van der Waals surface area contributed by atoms with Crippen LogP contribution >= 0.6 is 0 Å². The van der Waals surface area contributed by atoms with Crippen molar-refractivity contribution < 1.29 is 37.3 Å². The molecule has 0 unspecified atom stereocenters. The third-order valence-electron chi connectivity index (χ3n) is 7.99. The Morgan fingerprint density at radius 3 is 0.622 bits per heavy atom. The standard InChI is InChI=1S/2C18H36O2.H2O4S/c2*1-2-3-4-5-6-7-8-9-10-11-12-13-14-15-16-17-18(19)20;1-5(2,3)4/h2*2-17H2,1H3,(H,19,20);(H2,1,2,3,4). The van der Waals surface area contributed by atoms with Crippen LogP contribution in [0.2, 0.25) is 0 Å². The minimum Gasteiger partial charge on any atom is -0.481 e. The Hall–Kier alpha value is -1.19. The highest BCUT2D eigenvalue weighted by Gasteiger charge is 1.98. The van der Waals surface area contributed by atoms with Gasteiger partial charge in [0.1, 0.15) is 0 Å². The molecule has 45 heavy (non-hydrogen) atoms. The molecule has 0 amide bonds. The van der Waals surface area contributed by atoms with Gasteiger partial charge in [-0.15, -0.1) is 0 Å². The topological polar surface area (TPSA) is 149 Å². The molecule has 0 aliphatic carbocycles. The monoisotopic (exact) mass is 667 g/mol. The minimum atomic E-state index is -4.67. The first-order chi connectivity index (χ1) is 21.5. The van der Waals surface area contributed by atoms with Gasteiger partial charge in [-0.2, -0.15) is 8.42 Å². The molecule has 0 spiro atoms. The Morgan fingerprint density at radius 1 is 0.356 bits per heavy atom. The van der Waals surface area contributed by atoms with Crippen LogP contribution in [-0.2, 0) is 20.0 Å². The van der Waals surface area contributed by atoms with Crippen LogP contribution in [0.15, 0.2) is 0 Å². The maximum absolute atomic E-state index is 10.3. The molecule has 0 aromatic heterocycles. The van der Waals surface area contributed by atoms with Crippen LogP contribution in [0.5, 0.6) is 0 Å². The van der Waals surface area contributed by atoms with Crippen molar-refractivity contribution in [1.29, 1.82) is 0 Å². The second-order valence-corrected chi connectivity index (χ2v) is 13.5. The van der Waals surface area contributed by atoms with Crippen molar-refractivity contribution in [2.45, 2.75) is 219 Å². The summed E-state index contributed by atoms with van der Waals surface area (Å²) in [6.45, 7) is 4.54. The van der Waals surface area contributed by atoms with E-state index in [1.165, 1.54) is 167 Å². The lowest BCUT2D eigenvalue weighted by molar-refractivity contribution is -0.138. The summed E-state index contributed by atoms with van der Waals surface area (Å²) in [5.74, 6) is -1.31. The number of rotatable bonds is 32. The molecule has 8 nitrogen and oxygen atoms in total. The van der Waals surface area contributed by atoms with Crippen LogP contribution in [0.1, 0.15) is 219 Å². The van der Waals surface area contributed by atoms with Crippen molar-refractivity contribution in [2.75, 3.05) is 0 Å². The highest BCUT2D eigenvalue weighted by Crippen LogP contribution is 2.15. The van der Waals surface area contributed by atoms with Crippen molar-refractivity contribution >= 4 is 22.3 Å². The van der Waals surface area contributed by atoms with Gasteiger partial charge in [-0.1, -0.05) is 194 Å². The Balaban J connectivity index is -0.000000680. The maximum Gasteiger partial charge on any atom is 0.394 e. The molecule has 0 saturated carbocycles. The third-order valence-corrected chi connectivity index (χ3v) is 7.99. The van der Waals surface area contributed by atoms with Gasteiger partial charge in [-0.25, -0.2) is 0 Å². The van der Waals surface area contributed by atoms with Crippen LogP contribution in [0.25, 0.3) is 0 Å². The zero-order chi connectivity index (χ0) is 34.3. The van der Waals surface area contributed by atoms with Crippen molar-refractivity contribution in [1.82, 2.24) is 0 Å². The molecule has 0 aromatic rings. The molecule has 0 aliphatic rings. The number of carbonyl (C=O) groups is 2. The van der Waals surface area contributed by atoms with Crippen molar-refractivity contribution in [3.8, 4) is 0 Å². The van der Waals surface area contributed by atoms with Crippen molar-refractivity contribution in [3.63, 3.8) is 0 Å². The molecular formula is C36H74O8S. The number of aliphatic carboxylic acids is 2. The number of hydrogen-bond donors (Lipinski definition) is 4. The van der Waals surface area contributed by atoms with E-state index < -0.39 is 22.3 Å². The molecule has 0 aliphatic heterocycles. The molecule has 0 atom stereocenters. The maximum atomic E-state index is 10.3. The second-order valence-electron chi connectivity index (χ2n) is 12.6. The molecule has 272 valence electrons. The SMILES string of the molecule is CCCCCCCCCCCCCCCCCC(=O)O.CCCCCCCCCCCCCCCCCC(=O)O.O=S(=O)(O)O. The van der Waals surface area contributed by atoms with E-state index in [-0.39, 0.29) is 0 Å². The number of carboxylic acids is 2. The summed E-state index contributed by atoms with van der Waals surface area (Å²) in [6.07, 6.45) is 40.4. The van der Waals surface area contributed by atoms with E-state index in [0.29, 0.717) is 12.8 Å². The first-order valence-corrected chi connectivity index (χ1v) is 20.1. The summed E-state index contributed by atoms with van der Waals surface area (Å²) in [4.78, 5) is 20.7. The van der Waals surface area contributed by atoms with Gasteiger partial charge in [0.25, 0.3) is 0 Å². The number of carboxylic acid groups (broad SMARTS) is 2. The molecule has 0 aromatic carbocycles. The zero-order valence-electron chi connectivity index (χ0n) is 29.5. The zero-order valence-corrected chi connectivity index (χ0v) is 30.3. The summed E-state index contributed by atoms with van der Waals surface area (Å²) in [7, 11) is -4.67. The lowest BCUT2D eigenvalue weighted by atomic mass is 10.0. The highest BCUT2D eigenvalue weighted by molar-refractivity contribution is 7.79. The predicted molar refractivity (Wildman–Crippen MR) is 189 cm³/mol. The Bertz CT molecular complexity index is 645. The van der Waals surface area contributed by atoms with E-state index in [9.17, 15) is 9.59 Å². The summed E-state index contributed by atoms with van der Waals surface area (Å²) in [5.41, 5.74) is 0. The van der Waals surface area contributed by atoms with E-state index in [2.05, 4.69) is 13.8 Å². The summed E-state index contributed by atoms with van der Waals surface area (Å²) >= 11 is 0. The highest BCUT2D eigenvalue weighted by atomic mass is 32.3. The first-order valence-electron chi connectivity index (χ1n) is 18.7. The molecule has 0 rings (SSSR count). The number of hydrogen-bond acceptors (Lipinski definition) is 4. The second kappa shape index (κ2) is 40.8. The van der Waals surface area contributed by atoms with Crippen LogP contribution in [0, 0.1) is 0 Å². The lowest BCUT2D eigenvalue weighted by Crippen LogP contribution is -1.93. The lowest BCUT2D eigenvalue weighted by Gasteiger charge is -2.03. The van der Waals surface area contributed by atoms with Gasteiger partial charge in [-0.3, -0.25) is 18.7 Å².